The minimum absolute atomic E-state index is 0.0228. The largest absolute Gasteiger partial charge is 0.508 e. The van der Waals surface area contributed by atoms with Crippen LogP contribution >= 0.6 is 0 Å². The highest BCUT2D eigenvalue weighted by Crippen LogP contribution is 2.19. The summed E-state index contributed by atoms with van der Waals surface area (Å²) in [5, 5.41) is 46.0. The van der Waals surface area contributed by atoms with Crippen LogP contribution in [0.2, 0.25) is 0 Å². The normalized spacial score (nSPS) is 23.1. The number of benzene rings is 3. The van der Waals surface area contributed by atoms with Crippen molar-refractivity contribution in [3.05, 3.63) is 119 Å². The number of phenolic OH excluding ortho intramolecular Hbond substituents is 1. The molecule has 0 spiro atoms. The number of nitrogens with zero attached hydrogens (tertiary/aromatic N) is 1. The SMILES string of the molecule is CCCC=Cc1ccccc1C=CC(=O)NC1C(=O)N(C)C(=Cc2ccc(O)cc2)C(=O)NC(CC(C)C)C(=O)NC(Cc2ccccc2)C(=O)NC(C(C)O)C(=O)NC(CC(N)=O)C(=O)NC(CO)C(=O)OC1C. The molecular formula is C54H68N8O13. The van der Waals surface area contributed by atoms with Gasteiger partial charge in [-0.3, -0.25) is 38.4 Å². The average Bonchev–Trinajstić information content (AvgIpc) is 3.36. The summed E-state index contributed by atoms with van der Waals surface area (Å²) in [4.78, 5) is 127. The number of esters is 1. The molecule has 3 aromatic rings. The summed E-state index contributed by atoms with van der Waals surface area (Å²) >= 11 is 0. The maximum atomic E-state index is 14.9. The van der Waals surface area contributed by atoms with Crippen LogP contribution in [0.15, 0.2) is 96.7 Å². The maximum absolute atomic E-state index is 14.9. The molecule has 21 nitrogen and oxygen atoms in total. The van der Waals surface area contributed by atoms with Crippen LogP contribution in [-0.2, 0) is 54.3 Å². The van der Waals surface area contributed by atoms with Gasteiger partial charge in [-0.2, -0.15) is 0 Å². The first-order chi connectivity index (χ1) is 35.6. The molecule has 75 heavy (non-hydrogen) atoms. The van der Waals surface area contributed by atoms with Crippen LogP contribution in [0.1, 0.15) is 82.6 Å². The van der Waals surface area contributed by atoms with Crippen molar-refractivity contribution in [2.24, 2.45) is 11.7 Å². The summed E-state index contributed by atoms with van der Waals surface area (Å²) < 4.78 is 5.63. The smallest absolute Gasteiger partial charge is 0.331 e. The second-order valence-corrected chi connectivity index (χ2v) is 18.4. The molecule has 11 N–H and O–H groups in total. The van der Waals surface area contributed by atoms with Crippen LogP contribution < -0.4 is 37.6 Å². The quantitative estimate of drug-likeness (QED) is 0.0755. The van der Waals surface area contributed by atoms with Gasteiger partial charge in [-0.05, 0) is 79.1 Å². The van der Waals surface area contributed by atoms with Gasteiger partial charge in [-0.15, -0.1) is 0 Å². The number of aromatic hydroxyl groups is 1. The first kappa shape index (κ1) is 59.4. The van der Waals surface area contributed by atoms with Gasteiger partial charge in [-0.25, -0.2) is 4.79 Å². The molecule has 8 atom stereocenters. The predicted molar refractivity (Wildman–Crippen MR) is 278 cm³/mol. The molecule has 0 aliphatic carbocycles. The van der Waals surface area contributed by atoms with Crippen molar-refractivity contribution in [1.29, 1.82) is 0 Å². The van der Waals surface area contributed by atoms with Gasteiger partial charge in [0.2, 0.25) is 35.4 Å². The van der Waals surface area contributed by atoms with Gasteiger partial charge in [0.25, 0.3) is 11.8 Å². The number of likely N-dealkylation sites (N-methyl/N-ethyl adjacent to an activating group) is 1. The number of ether oxygens (including phenoxy) is 1. The number of nitrogens with one attached hydrogen (secondary N) is 6. The van der Waals surface area contributed by atoms with Gasteiger partial charge in [-0.1, -0.05) is 106 Å². The van der Waals surface area contributed by atoms with Crippen LogP contribution in [-0.4, -0.2) is 136 Å². The van der Waals surface area contributed by atoms with Crippen molar-refractivity contribution >= 4 is 71.5 Å². The first-order valence-corrected chi connectivity index (χ1v) is 24.5. The van der Waals surface area contributed by atoms with Gasteiger partial charge in [0.1, 0.15) is 47.8 Å². The van der Waals surface area contributed by atoms with Crippen LogP contribution in [0.25, 0.3) is 18.2 Å². The number of rotatable bonds is 15. The Morgan fingerprint density at radius 2 is 1.36 bits per heavy atom. The summed E-state index contributed by atoms with van der Waals surface area (Å²) in [5.74, 6) is -10.1. The number of carbonyl (C=O) groups is 9. The minimum atomic E-state index is -1.94. The number of aliphatic hydroxyl groups excluding tert-OH is 2. The molecule has 8 unspecified atom stereocenters. The van der Waals surface area contributed by atoms with Crippen LogP contribution in [0.4, 0.5) is 0 Å². The summed E-state index contributed by atoms with van der Waals surface area (Å²) in [5.41, 5.74) is 7.28. The number of hydrogen-bond acceptors (Lipinski definition) is 13. The Morgan fingerprint density at radius 1 is 0.773 bits per heavy atom. The molecule has 4 rings (SSSR count). The van der Waals surface area contributed by atoms with E-state index in [1.165, 1.54) is 50.4 Å². The average molecular weight is 1040 g/mol. The maximum Gasteiger partial charge on any atom is 0.331 e. The van der Waals surface area contributed by atoms with Gasteiger partial charge in [0.05, 0.1) is 19.1 Å². The molecular weight excluding hydrogens is 969 g/mol. The van der Waals surface area contributed by atoms with Gasteiger partial charge >= 0.3 is 5.97 Å². The summed E-state index contributed by atoms with van der Waals surface area (Å²) in [6.07, 6.45) is 5.12. The van der Waals surface area contributed by atoms with E-state index < -0.39 is 120 Å². The highest BCUT2D eigenvalue weighted by molar-refractivity contribution is 6.05. The molecule has 402 valence electrons. The second kappa shape index (κ2) is 28.9. The third-order valence-electron chi connectivity index (χ3n) is 11.7. The first-order valence-electron chi connectivity index (χ1n) is 24.5. The number of primary amides is 1. The summed E-state index contributed by atoms with van der Waals surface area (Å²) in [6, 6.07) is 10.8. The number of phenols is 1. The highest BCUT2D eigenvalue weighted by Gasteiger charge is 2.39. The molecule has 1 aliphatic rings. The lowest BCUT2D eigenvalue weighted by atomic mass is 10.00. The molecule has 0 saturated carbocycles. The van der Waals surface area contributed by atoms with E-state index in [9.17, 15) is 58.5 Å². The number of carbonyl (C=O) groups excluding carboxylic acids is 9. The monoisotopic (exact) mass is 1040 g/mol. The predicted octanol–water partition coefficient (Wildman–Crippen LogP) is 1.11. The van der Waals surface area contributed by atoms with Crippen molar-refractivity contribution in [2.75, 3.05) is 13.7 Å². The number of amides is 8. The zero-order valence-corrected chi connectivity index (χ0v) is 42.8. The molecule has 3 aromatic carbocycles. The molecule has 1 heterocycles. The van der Waals surface area contributed by atoms with Gasteiger partial charge in [0.15, 0.2) is 6.04 Å². The van der Waals surface area contributed by atoms with Crippen molar-refractivity contribution in [1.82, 2.24) is 36.8 Å². The van der Waals surface area contributed by atoms with E-state index in [-0.39, 0.29) is 30.1 Å². The standard InChI is InChI=1S/C54H68N8O13/c1-7-8-10-17-36-18-13-14-19-37(36)22-25-45(67)60-47-33(5)75-54(74)42(30-63)59-49(69)41(29-44(55)66)58-52(72)46(32(4)64)61-50(70)40(27-34-15-11-9-12-16-34)56-48(68)39(26-31(2)3)57-51(71)43(62(6)53(47)73)28-35-20-23-38(65)24-21-35/h9-25,28,31-33,39-42,46-47,63-65H,7-8,26-27,29-30H2,1-6H3,(H2,55,66)(H,56,68)(H,57,71)(H,58,72)(H,59,69)(H,60,67)(H,61,70). The number of nitrogens with two attached hydrogens (primary N) is 1. The van der Waals surface area contributed by atoms with E-state index in [0.717, 1.165) is 36.3 Å². The highest BCUT2D eigenvalue weighted by atomic mass is 16.5. The Bertz CT molecular complexity index is 2600. The van der Waals surface area contributed by atoms with Crippen LogP contribution in [0, 0.1) is 5.92 Å². The third kappa shape index (κ3) is 18.4. The van der Waals surface area contributed by atoms with E-state index in [4.69, 9.17) is 10.5 Å². The van der Waals surface area contributed by atoms with Gasteiger partial charge < -0.3 is 62.6 Å². The summed E-state index contributed by atoms with van der Waals surface area (Å²) in [7, 11) is 1.19. The van der Waals surface area contributed by atoms with Crippen molar-refractivity contribution in [3.8, 4) is 5.75 Å². The zero-order chi connectivity index (χ0) is 55.4. The molecule has 8 amide bonds. The molecule has 1 fully saturated rings. The topological polar surface area (TPSA) is 325 Å². The number of unbranched alkanes of at least 4 members (excludes halogenated alkanes) is 1. The van der Waals surface area contributed by atoms with Crippen molar-refractivity contribution in [2.45, 2.75) is 115 Å². The van der Waals surface area contributed by atoms with E-state index in [0.29, 0.717) is 11.1 Å². The van der Waals surface area contributed by atoms with E-state index in [2.05, 4.69) is 31.9 Å². The second-order valence-electron chi connectivity index (χ2n) is 18.4. The fourth-order valence-electron chi connectivity index (χ4n) is 7.69. The third-order valence-corrected chi connectivity index (χ3v) is 11.7. The Kier molecular flexibility index (Phi) is 22.9. The van der Waals surface area contributed by atoms with Crippen molar-refractivity contribution in [3.63, 3.8) is 0 Å². The van der Waals surface area contributed by atoms with E-state index in [1.54, 1.807) is 56.3 Å². The zero-order valence-electron chi connectivity index (χ0n) is 42.8. The molecule has 1 aliphatic heterocycles. The van der Waals surface area contributed by atoms with Crippen LogP contribution in [0.3, 0.4) is 0 Å². The van der Waals surface area contributed by atoms with Crippen LogP contribution in [0.5, 0.6) is 5.75 Å². The van der Waals surface area contributed by atoms with E-state index >= 15 is 0 Å². The molecule has 21 heteroatoms. The molecule has 0 aromatic heterocycles. The van der Waals surface area contributed by atoms with E-state index in [1.807, 2.05) is 31.2 Å². The summed E-state index contributed by atoms with van der Waals surface area (Å²) in [6.45, 7) is 6.80. The Hall–Kier alpha value is -8.17. The fourth-order valence-corrected chi connectivity index (χ4v) is 7.69. The number of aliphatic hydroxyl groups is 2. The number of allylic oxidation sites excluding steroid dienone is 1. The Labute approximate surface area is 435 Å². The fraction of sp³-hybridized carbons (Fsp3) is 0.389. The minimum Gasteiger partial charge on any atom is -0.508 e. The lowest BCUT2D eigenvalue weighted by Crippen LogP contribution is -2.62. The number of hydrogen-bond donors (Lipinski definition) is 10. The Morgan fingerprint density at radius 3 is 1.96 bits per heavy atom. The number of cyclic esters (lactones) is 1. The molecule has 0 radical (unpaired) electrons. The van der Waals surface area contributed by atoms with Crippen molar-refractivity contribution < 1.29 is 63.2 Å². The lowest BCUT2D eigenvalue weighted by Gasteiger charge is -2.31. The molecule has 0 bridgehead atoms. The molecule has 1 saturated heterocycles. The van der Waals surface area contributed by atoms with Gasteiger partial charge in [0, 0.05) is 19.5 Å². The Balaban J connectivity index is 1.91. The lowest BCUT2D eigenvalue weighted by molar-refractivity contribution is -0.157.